The van der Waals surface area contributed by atoms with Crippen molar-refractivity contribution in [2.75, 3.05) is 25.0 Å². The highest BCUT2D eigenvalue weighted by Gasteiger charge is 2.24. The number of hydrogen-bond donors (Lipinski definition) is 0. The van der Waals surface area contributed by atoms with Crippen LogP contribution in [-0.2, 0) is 6.54 Å². The molecule has 0 spiro atoms. The van der Waals surface area contributed by atoms with E-state index in [9.17, 15) is 0 Å². The number of aryl methyl sites for hydroxylation is 1. The van der Waals surface area contributed by atoms with E-state index in [2.05, 4.69) is 76.4 Å². The molecule has 0 bridgehead atoms. The molecule has 1 unspecified atom stereocenters. The van der Waals surface area contributed by atoms with E-state index >= 15 is 0 Å². The van der Waals surface area contributed by atoms with Gasteiger partial charge in [-0.05, 0) is 45.0 Å². The third-order valence-electron chi connectivity index (χ3n) is 5.27. The smallest absolute Gasteiger partial charge is 0.241 e. The molecule has 2 aromatic carbocycles. The molecule has 4 rings (SSSR count). The van der Waals surface area contributed by atoms with E-state index in [1.165, 1.54) is 24.1 Å². The van der Waals surface area contributed by atoms with Crippen LogP contribution in [0.2, 0.25) is 0 Å². The van der Waals surface area contributed by atoms with Crippen LogP contribution >= 0.6 is 0 Å². The van der Waals surface area contributed by atoms with E-state index < -0.39 is 0 Å². The minimum atomic E-state index is 0.480. The van der Waals surface area contributed by atoms with Crippen molar-refractivity contribution in [1.29, 1.82) is 0 Å². The quantitative estimate of drug-likeness (QED) is 0.682. The molecule has 1 aromatic heterocycles. The van der Waals surface area contributed by atoms with E-state index in [0.717, 1.165) is 18.7 Å². The predicted octanol–water partition coefficient (Wildman–Crippen LogP) is 4.15. The average molecular weight is 362 g/mol. The molecule has 1 aliphatic rings. The first-order valence-electron chi connectivity index (χ1n) is 9.59. The van der Waals surface area contributed by atoms with Crippen LogP contribution in [0.25, 0.3) is 11.4 Å². The summed E-state index contributed by atoms with van der Waals surface area (Å²) in [4.78, 5) is 9.41. The number of hydrogen-bond acceptors (Lipinski definition) is 5. The first-order chi connectivity index (χ1) is 13.2. The summed E-state index contributed by atoms with van der Waals surface area (Å²) in [7, 11) is 2.15. The van der Waals surface area contributed by atoms with Crippen molar-refractivity contribution in [3.8, 4) is 11.4 Å². The van der Waals surface area contributed by atoms with E-state index in [1.807, 2.05) is 12.1 Å². The molecule has 0 aliphatic carbocycles. The van der Waals surface area contributed by atoms with Gasteiger partial charge >= 0.3 is 0 Å². The number of piperidine rings is 1. The van der Waals surface area contributed by atoms with Gasteiger partial charge in [-0.3, -0.25) is 4.90 Å². The fourth-order valence-corrected chi connectivity index (χ4v) is 3.75. The Morgan fingerprint density at radius 1 is 1.15 bits per heavy atom. The topological polar surface area (TPSA) is 45.4 Å². The van der Waals surface area contributed by atoms with Gasteiger partial charge in [-0.2, -0.15) is 4.98 Å². The Labute approximate surface area is 160 Å². The van der Waals surface area contributed by atoms with Gasteiger partial charge in [-0.25, -0.2) is 0 Å². The minimum absolute atomic E-state index is 0.480. The van der Waals surface area contributed by atoms with Gasteiger partial charge in [0.15, 0.2) is 0 Å². The molecule has 0 N–H and O–H groups in total. The molecule has 5 heteroatoms. The van der Waals surface area contributed by atoms with Crippen LogP contribution in [0.4, 0.5) is 5.69 Å². The summed E-state index contributed by atoms with van der Waals surface area (Å²) in [6.45, 7) is 4.89. The van der Waals surface area contributed by atoms with Crippen LogP contribution < -0.4 is 4.90 Å². The Balaban J connectivity index is 1.41. The molecule has 2 heterocycles. The van der Waals surface area contributed by atoms with Gasteiger partial charge in [0.25, 0.3) is 0 Å². The van der Waals surface area contributed by atoms with E-state index in [4.69, 9.17) is 4.52 Å². The normalized spacial score (nSPS) is 17.4. The van der Waals surface area contributed by atoms with Gasteiger partial charge in [0.2, 0.25) is 11.7 Å². The molecule has 3 aromatic rings. The number of anilines is 1. The number of para-hydroxylation sites is 1. The Bertz CT molecular complexity index is 877. The number of benzene rings is 2. The van der Waals surface area contributed by atoms with Crippen LogP contribution in [0.5, 0.6) is 0 Å². The van der Waals surface area contributed by atoms with Crippen LogP contribution in [0.15, 0.2) is 59.1 Å². The van der Waals surface area contributed by atoms with Gasteiger partial charge in [0, 0.05) is 30.4 Å². The van der Waals surface area contributed by atoms with Crippen molar-refractivity contribution in [3.63, 3.8) is 0 Å². The van der Waals surface area contributed by atoms with Crippen molar-refractivity contribution in [2.24, 2.45) is 0 Å². The number of aromatic nitrogens is 2. The molecule has 1 atom stereocenters. The van der Waals surface area contributed by atoms with Crippen molar-refractivity contribution < 1.29 is 4.52 Å². The SMILES string of the molecule is Cc1cccc(-c2noc(CN(C)C3CCCN(c4ccccc4)C3)n2)c1. The molecule has 1 saturated heterocycles. The van der Waals surface area contributed by atoms with E-state index in [0.29, 0.717) is 24.3 Å². The molecule has 0 radical (unpaired) electrons. The maximum Gasteiger partial charge on any atom is 0.241 e. The highest BCUT2D eigenvalue weighted by Crippen LogP contribution is 2.23. The second kappa shape index (κ2) is 7.92. The molecular formula is C22H26N4O. The summed E-state index contributed by atoms with van der Waals surface area (Å²) in [6, 6.07) is 19.3. The van der Waals surface area contributed by atoms with Gasteiger partial charge in [0.05, 0.1) is 6.54 Å². The second-order valence-corrected chi connectivity index (χ2v) is 7.37. The molecular weight excluding hydrogens is 336 g/mol. The number of likely N-dealkylation sites (N-methyl/N-ethyl adjacent to an activating group) is 1. The third-order valence-corrected chi connectivity index (χ3v) is 5.27. The predicted molar refractivity (Wildman–Crippen MR) is 108 cm³/mol. The Hall–Kier alpha value is -2.66. The summed E-state index contributed by atoms with van der Waals surface area (Å²) < 4.78 is 5.52. The van der Waals surface area contributed by atoms with E-state index in [1.54, 1.807) is 0 Å². The van der Waals surface area contributed by atoms with Gasteiger partial charge in [0.1, 0.15) is 0 Å². The van der Waals surface area contributed by atoms with Crippen LogP contribution in [0, 0.1) is 6.92 Å². The molecule has 5 nitrogen and oxygen atoms in total. The van der Waals surface area contributed by atoms with Crippen LogP contribution in [0.1, 0.15) is 24.3 Å². The maximum atomic E-state index is 5.52. The fourth-order valence-electron chi connectivity index (χ4n) is 3.75. The summed E-state index contributed by atoms with van der Waals surface area (Å²) in [5.41, 5.74) is 3.50. The minimum Gasteiger partial charge on any atom is -0.370 e. The van der Waals surface area contributed by atoms with Crippen molar-refractivity contribution >= 4 is 5.69 Å². The highest BCUT2D eigenvalue weighted by atomic mass is 16.5. The summed E-state index contributed by atoms with van der Waals surface area (Å²) >= 11 is 0. The zero-order valence-corrected chi connectivity index (χ0v) is 16.0. The first-order valence-corrected chi connectivity index (χ1v) is 9.59. The fraction of sp³-hybridized carbons (Fsp3) is 0.364. The molecule has 1 fully saturated rings. The van der Waals surface area contributed by atoms with Crippen LogP contribution in [0.3, 0.4) is 0 Å². The summed E-state index contributed by atoms with van der Waals surface area (Å²) in [6.07, 6.45) is 2.39. The third kappa shape index (κ3) is 4.19. The standard InChI is InChI=1S/C22H26N4O/c1-17-8-6-9-18(14-17)22-23-21(27-24-22)16-25(2)20-12-7-13-26(15-20)19-10-4-3-5-11-19/h3-6,8-11,14,20H,7,12-13,15-16H2,1-2H3. The number of rotatable bonds is 5. The molecule has 140 valence electrons. The monoisotopic (exact) mass is 362 g/mol. The zero-order chi connectivity index (χ0) is 18.6. The lowest BCUT2D eigenvalue weighted by Crippen LogP contribution is -2.46. The molecule has 1 aliphatic heterocycles. The Kier molecular flexibility index (Phi) is 5.21. The molecule has 0 amide bonds. The average Bonchev–Trinajstić information content (AvgIpc) is 3.17. The maximum absolute atomic E-state index is 5.52. The Morgan fingerprint density at radius 2 is 2.00 bits per heavy atom. The summed E-state index contributed by atoms with van der Waals surface area (Å²) in [5, 5.41) is 4.17. The second-order valence-electron chi connectivity index (χ2n) is 7.37. The number of nitrogens with zero attached hydrogens (tertiary/aromatic N) is 4. The van der Waals surface area contributed by atoms with Gasteiger partial charge in [-0.1, -0.05) is 47.1 Å². The zero-order valence-electron chi connectivity index (χ0n) is 16.0. The molecule has 27 heavy (non-hydrogen) atoms. The largest absolute Gasteiger partial charge is 0.370 e. The van der Waals surface area contributed by atoms with Gasteiger partial charge in [-0.15, -0.1) is 0 Å². The van der Waals surface area contributed by atoms with Crippen LogP contribution in [-0.4, -0.2) is 41.2 Å². The van der Waals surface area contributed by atoms with Crippen molar-refractivity contribution in [3.05, 3.63) is 66.1 Å². The van der Waals surface area contributed by atoms with Crippen molar-refractivity contribution in [1.82, 2.24) is 15.0 Å². The lowest BCUT2D eigenvalue weighted by molar-refractivity contribution is 0.184. The highest BCUT2D eigenvalue weighted by molar-refractivity contribution is 5.55. The van der Waals surface area contributed by atoms with Gasteiger partial charge < -0.3 is 9.42 Å². The first kappa shape index (κ1) is 17.7. The lowest BCUT2D eigenvalue weighted by atomic mass is 10.0. The molecule has 0 saturated carbocycles. The van der Waals surface area contributed by atoms with E-state index in [-0.39, 0.29) is 0 Å². The van der Waals surface area contributed by atoms with Crippen molar-refractivity contribution in [2.45, 2.75) is 32.4 Å². The Morgan fingerprint density at radius 3 is 2.81 bits per heavy atom. The lowest BCUT2D eigenvalue weighted by Gasteiger charge is -2.38. The summed E-state index contributed by atoms with van der Waals surface area (Å²) in [5.74, 6) is 1.34.